The van der Waals surface area contributed by atoms with Crippen LogP contribution in [0, 0.1) is 5.82 Å². The van der Waals surface area contributed by atoms with E-state index >= 15 is 0 Å². The second-order valence-electron chi connectivity index (χ2n) is 6.66. The normalized spacial score (nSPS) is 20.1. The first kappa shape index (κ1) is 15.4. The number of rotatable bonds is 4. The van der Waals surface area contributed by atoms with Crippen LogP contribution in [0.1, 0.15) is 39.4 Å². The first-order chi connectivity index (χ1) is 10.4. The van der Waals surface area contributed by atoms with Crippen molar-refractivity contribution in [3.05, 3.63) is 29.8 Å². The van der Waals surface area contributed by atoms with E-state index in [0.717, 1.165) is 37.3 Å². The number of halogens is 1. The summed E-state index contributed by atoms with van der Waals surface area (Å²) in [6.45, 7) is 8.13. The van der Waals surface area contributed by atoms with Crippen molar-refractivity contribution in [2.75, 3.05) is 6.54 Å². The Morgan fingerprint density at radius 3 is 2.86 bits per heavy atom. The van der Waals surface area contributed by atoms with Crippen LogP contribution < -0.4 is 0 Å². The average molecular weight is 305 g/mol. The van der Waals surface area contributed by atoms with Crippen LogP contribution in [0.5, 0.6) is 0 Å². The summed E-state index contributed by atoms with van der Waals surface area (Å²) in [7, 11) is 0. The van der Waals surface area contributed by atoms with Crippen LogP contribution in [-0.4, -0.2) is 37.7 Å². The van der Waals surface area contributed by atoms with E-state index < -0.39 is 5.60 Å². The van der Waals surface area contributed by atoms with Gasteiger partial charge >= 0.3 is 0 Å². The molecular weight excluding hydrogens is 281 g/mol. The molecule has 5 heteroatoms. The fourth-order valence-electron chi connectivity index (χ4n) is 3.63. The monoisotopic (exact) mass is 305 g/mol. The van der Waals surface area contributed by atoms with Gasteiger partial charge < -0.3 is 9.67 Å². The van der Waals surface area contributed by atoms with Gasteiger partial charge in [-0.2, -0.15) is 0 Å². The van der Waals surface area contributed by atoms with Gasteiger partial charge in [-0.15, -0.1) is 0 Å². The van der Waals surface area contributed by atoms with Crippen molar-refractivity contribution in [3.8, 4) is 0 Å². The maximum Gasteiger partial charge on any atom is 0.151 e. The van der Waals surface area contributed by atoms with Crippen LogP contribution in [0.4, 0.5) is 4.39 Å². The number of benzene rings is 1. The van der Waals surface area contributed by atoms with Crippen LogP contribution >= 0.6 is 0 Å². The Morgan fingerprint density at radius 1 is 1.41 bits per heavy atom. The maximum absolute atomic E-state index is 14.0. The highest BCUT2D eigenvalue weighted by molar-refractivity contribution is 5.76. The highest BCUT2D eigenvalue weighted by atomic mass is 19.1. The molecule has 1 saturated heterocycles. The van der Waals surface area contributed by atoms with Gasteiger partial charge in [0.1, 0.15) is 11.3 Å². The van der Waals surface area contributed by atoms with E-state index in [0.29, 0.717) is 12.1 Å². The van der Waals surface area contributed by atoms with Crippen molar-refractivity contribution < 1.29 is 9.50 Å². The quantitative estimate of drug-likeness (QED) is 0.944. The second-order valence-corrected chi connectivity index (χ2v) is 6.66. The highest BCUT2D eigenvalue weighted by Gasteiger charge is 2.36. The summed E-state index contributed by atoms with van der Waals surface area (Å²) in [6.07, 6.45) is 2.07. The lowest BCUT2D eigenvalue weighted by Crippen LogP contribution is -2.45. The van der Waals surface area contributed by atoms with E-state index in [1.807, 2.05) is 26.8 Å². The van der Waals surface area contributed by atoms with E-state index in [2.05, 4.69) is 14.5 Å². The summed E-state index contributed by atoms with van der Waals surface area (Å²) >= 11 is 0. The van der Waals surface area contributed by atoms with E-state index in [4.69, 9.17) is 0 Å². The molecule has 2 heterocycles. The van der Waals surface area contributed by atoms with Crippen molar-refractivity contribution in [1.29, 1.82) is 0 Å². The van der Waals surface area contributed by atoms with Crippen molar-refractivity contribution >= 4 is 11.0 Å². The van der Waals surface area contributed by atoms with Crippen LogP contribution in [0.25, 0.3) is 11.0 Å². The lowest BCUT2D eigenvalue weighted by Gasteiger charge is -2.33. The zero-order valence-corrected chi connectivity index (χ0v) is 13.5. The summed E-state index contributed by atoms with van der Waals surface area (Å²) in [5, 5.41) is 10.3. The van der Waals surface area contributed by atoms with Crippen LogP contribution in [0.2, 0.25) is 0 Å². The Labute approximate surface area is 130 Å². The first-order valence-corrected chi connectivity index (χ1v) is 8.02. The number of likely N-dealkylation sites (tertiary alicyclic amines) is 1. The topological polar surface area (TPSA) is 41.3 Å². The zero-order chi connectivity index (χ0) is 15.9. The predicted octanol–water partition coefficient (Wildman–Crippen LogP) is 2.93. The van der Waals surface area contributed by atoms with E-state index in [9.17, 15) is 9.50 Å². The van der Waals surface area contributed by atoms with Gasteiger partial charge in [0.2, 0.25) is 0 Å². The lowest BCUT2D eigenvalue weighted by molar-refractivity contribution is -0.00598. The Morgan fingerprint density at radius 2 is 2.18 bits per heavy atom. The lowest BCUT2D eigenvalue weighted by atomic mass is 9.97. The molecule has 0 saturated carbocycles. The molecule has 1 aliphatic heterocycles. The van der Waals surface area contributed by atoms with E-state index in [-0.39, 0.29) is 11.9 Å². The number of aliphatic hydroxyl groups is 1. The molecule has 0 bridgehead atoms. The molecular formula is C17H24FN3O. The number of aryl methyl sites for hydroxylation is 1. The summed E-state index contributed by atoms with van der Waals surface area (Å²) in [5.41, 5.74) is 0.556. The van der Waals surface area contributed by atoms with Gasteiger partial charge in [0.25, 0.3) is 0 Å². The molecule has 120 valence electrons. The van der Waals surface area contributed by atoms with Gasteiger partial charge in [0, 0.05) is 12.6 Å². The number of para-hydroxylation sites is 1. The minimum atomic E-state index is -0.731. The summed E-state index contributed by atoms with van der Waals surface area (Å²) in [5.74, 6) is 0.602. The molecule has 1 aliphatic rings. The Bertz CT molecular complexity index is 674. The number of hydrogen-bond donors (Lipinski definition) is 1. The number of fused-ring (bicyclic) bond motifs is 1. The van der Waals surface area contributed by atoms with Crippen molar-refractivity contribution in [1.82, 2.24) is 14.5 Å². The van der Waals surface area contributed by atoms with Crippen LogP contribution in [0.15, 0.2) is 18.2 Å². The van der Waals surface area contributed by atoms with Crippen molar-refractivity contribution in [3.63, 3.8) is 0 Å². The fraction of sp³-hybridized carbons (Fsp3) is 0.588. The van der Waals surface area contributed by atoms with Gasteiger partial charge in [-0.05, 0) is 52.3 Å². The van der Waals surface area contributed by atoms with E-state index in [1.165, 1.54) is 6.07 Å². The van der Waals surface area contributed by atoms with Crippen LogP contribution in [0.3, 0.4) is 0 Å². The fourth-order valence-corrected chi connectivity index (χ4v) is 3.63. The molecule has 1 aromatic heterocycles. The smallest absolute Gasteiger partial charge is 0.151 e. The third kappa shape index (κ3) is 2.63. The number of nitrogens with zero attached hydrogens (tertiary/aromatic N) is 3. The van der Waals surface area contributed by atoms with Crippen molar-refractivity contribution in [2.24, 2.45) is 0 Å². The summed E-state index contributed by atoms with van der Waals surface area (Å²) < 4.78 is 16.0. The Balaban J connectivity index is 1.95. The van der Waals surface area contributed by atoms with Crippen molar-refractivity contribution in [2.45, 2.75) is 58.3 Å². The van der Waals surface area contributed by atoms with Gasteiger partial charge in [0.15, 0.2) is 5.82 Å². The molecule has 1 N–H and O–H groups in total. The number of aromatic nitrogens is 2. The Hall–Kier alpha value is -1.46. The molecule has 3 rings (SSSR count). The molecule has 0 aliphatic carbocycles. The minimum Gasteiger partial charge on any atom is -0.389 e. The molecule has 0 spiro atoms. The van der Waals surface area contributed by atoms with Gasteiger partial charge in [-0.3, -0.25) is 4.90 Å². The highest BCUT2D eigenvalue weighted by Crippen LogP contribution is 2.29. The Kier molecular flexibility index (Phi) is 3.95. The third-order valence-corrected chi connectivity index (χ3v) is 4.65. The molecule has 1 fully saturated rings. The molecule has 1 aromatic carbocycles. The van der Waals surface area contributed by atoms with E-state index in [1.54, 1.807) is 6.07 Å². The van der Waals surface area contributed by atoms with Crippen LogP contribution in [-0.2, 0) is 13.1 Å². The molecule has 2 aromatic rings. The molecule has 4 nitrogen and oxygen atoms in total. The molecule has 0 amide bonds. The molecule has 22 heavy (non-hydrogen) atoms. The minimum absolute atomic E-state index is 0.127. The van der Waals surface area contributed by atoms with Gasteiger partial charge in [0.05, 0.1) is 17.7 Å². The largest absolute Gasteiger partial charge is 0.389 e. The average Bonchev–Trinajstić information content (AvgIpc) is 3.03. The number of hydrogen-bond acceptors (Lipinski definition) is 3. The molecule has 1 unspecified atom stereocenters. The molecule has 0 radical (unpaired) electrons. The first-order valence-electron chi connectivity index (χ1n) is 8.02. The summed E-state index contributed by atoms with van der Waals surface area (Å²) in [6, 6.07) is 5.22. The third-order valence-electron chi connectivity index (χ3n) is 4.65. The van der Waals surface area contributed by atoms with Gasteiger partial charge in [-0.25, -0.2) is 9.37 Å². The predicted molar refractivity (Wildman–Crippen MR) is 85.1 cm³/mol. The standard InChI is InChI=1S/C17H24FN3O/c1-4-21-13-8-5-7-12(18)16(13)19-15(21)11-20-10-6-9-14(20)17(2,3)22/h5,7-8,14,22H,4,6,9-11H2,1-3H3. The zero-order valence-electron chi connectivity index (χ0n) is 13.5. The summed E-state index contributed by atoms with van der Waals surface area (Å²) in [4.78, 5) is 6.80. The number of imidazole rings is 1. The second kappa shape index (κ2) is 5.63. The SMILES string of the molecule is CCn1c(CN2CCCC2C(C)(C)O)nc2c(F)cccc21. The maximum atomic E-state index is 14.0. The molecule has 1 atom stereocenters. The van der Waals surface area contributed by atoms with Gasteiger partial charge in [-0.1, -0.05) is 6.07 Å².